The van der Waals surface area contributed by atoms with Crippen LogP contribution in [0.5, 0.6) is 0 Å². The van der Waals surface area contributed by atoms with Crippen LogP contribution in [0.1, 0.15) is 11.1 Å². The molecule has 1 aliphatic heterocycles. The van der Waals surface area contributed by atoms with E-state index in [1.54, 1.807) is 6.26 Å². The molecule has 14 heavy (non-hydrogen) atoms. The summed E-state index contributed by atoms with van der Waals surface area (Å²) < 4.78 is 10.2. The molecule has 0 saturated carbocycles. The summed E-state index contributed by atoms with van der Waals surface area (Å²) in [6.45, 7) is 2.06. The molecule has 1 radical (unpaired) electrons. The van der Waals surface area contributed by atoms with Crippen LogP contribution >= 0.6 is 0 Å². The maximum Gasteiger partial charge on any atom is 0.147 e. The van der Waals surface area contributed by atoms with Gasteiger partial charge < -0.3 is 9.47 Å². The molecule has 0 N–H and O–H groups in total. The van der Waals surface area contributed by atoms with Crippen LogP contribution in [-0.2, 0) is 9.47 Å². The van der Waals surface area contributed by atoms with E-state index in [1.165, 1.54) is 18.1 Å². The van der Waals surface area contributed by atoms with E-state index in [1.807, 2.05) is 18.6 Å². The van der Waals surface area contributed by atoms with Gasteiger partial charge in [-0.15, -0.1) is 0 Å². The molecule has 2 heteroatoms. The number of benzene rings is 1. The molecule has 71 valence electrons. The number of ether oxygens (including phenoxy) is 2. The Kier molecular flexibility index (Phi) is 2.54. The molecule has 0 spiro atoms. The van der Waals surface area contributed by atoms with Gasteiger partial charge in [0.05, 0.1) is 6.42 Å². The molecule has 0 saturated heterocycles. The van der Waals surface area contributed by atoms with Crippen LogP contribution in [0.15, 0.2) is 48.8 Å². The first-order valence-electron chi connectivity index (χ1n) is 4.43. The lowest BCUT2D eigenvalue weighted by molar-refractivity contribution is 0.264. The number of rotatable bonds is 2. The SMILES string of the molecule is Cc1ccc([CH]C2=COC=CO2)cc1. The van der Waals surface area contributed by atoms with E-state index in [-0.39, 0.29) is 0 Å². The van der Waals surface area contributed by atoms with E-state index in [0.717, 1.165) is 5.56 Å². The fourth-order valence-electron chi connectivity index (χ4n) is 1.17. The summed E-state index contributed by atoms with van der Waals surface area (Å²) in [6.07, 6.45) is 6.50. The molecule has 1 aromatic carbocycles. The van der Waals surface area contributed by atoms with Crippen LogP contribution in [0.25, 0.3) is 0 Å². The van der Waals surface area contributed by atoms with Gasteiger partial charge in [-0.25, -0.2) is 0 Å². The second-order valence-electron chi connectivity index (χ2n) is 3.10. The number of hydrogen-bond donors (Lipinski definition) is 0. The first-order chi connectivity index (χ1) is 6.84. The molecule has 0 atom stereocenters. The lowest BCUT2D eigenvalue weighted by Crippen LogP contribution is -1.94. The Morgan fingerprint density at radius 2 is 1.86 bits per heavy atom. The molecule has 0 bridgehead atoms. The molecular weight excluding hydrogens is 176 g/mol. The summed E-state index contributed by atoms with van der Waals surface area (Å²) in [7, 11) is 0. The first-order valence-corrected chi connectivity index (χ1v) is 4.43. The predicted octanol–water partition coefficient (Wildman–Crippen LogP) is 2.91. The summed E-state index contributed by atoms with van der Waals surface area (Å²) in [4.78, 5) is 0. The van der Waals surface area contributed by atoms with Gasteiger partial charge >= 0.3 is 0 Å². The second kappa shape index (κ2) is 4.01. The minimum atomic E-state index is 0.705. The highest BCUT2D eigenvalue weighted by molar-refractivity contribution is 5.33. The Morgan fingerprint density at radius 3 is 2.50 bits per heavy atom. The Morgan fingerprint density at radius 1 is 1.07 bits per heavy atom. The average Bonchev–Trinajstić information content (AvgIpc) is 2.23. The molecule has 0 amide bonds. The van der Waals surface area contributed by atoms with Gasteiger partial charge in [-0.1, -0.05) is 29.8 Å². The molecule has 2 rings (SSSR count). The first kappa shape index (κ1) is 8.88. The summed E-state index contributed by atoms with van der Waals surface area (Å²) in [5, 5.41) is 0. The minimum Gasteiger partial charge on any atom is -0.466 e. The van der Waals surface area contributed by atoms with Crippen molar-refractivity contribution in [1.29, 1.82) is 0 Å². The van der Waals surface area contributed by atoms with E-state index in [0.29, 0.717) is 5.76 Å². The molecule has 0 aliphatic carbocycles. The summed E-state index contributed by atoms with van der Waals surface area (Å²) in [5.74, 6) is 0.705. The maximum atomic E-state index is 5.21. The van der Waals surface area contributed by atoms with Crippen LogP contribution in [0.3, 0.4) is 0 Å². The van der Waals surface area contributed by atoms with E-state index in [9.17, 15) is 0 Å². The van der Waals surface area contributed by atoms with Crippen molar-refractivity contribution < 1.29 is 9.47 Å². The van der Waals surface area contributed by atoms with Gasteiger partial charge in [-0.05, 0) is 12.5 Å². The molecule has 1 aromatic rings. The van der Waals surface area contributed by atoms with Crippen molar-refractivity contribution in [3.05, 3.63) is 66.4 Å². The third-order valence-corrected chi connectivity index (χ3v) is 1.91. The average molecular weight is 187 g/mol. The molecule has 0 fully saturated rings. The second-order valence-corrected chi connectivity index (χ2v) is 3.10. The Bertz CT molecular complexity index is 360. The van der Waals surface area contributed by atoms with Crippen molar-refractivity contribution in [3.63, 3.8) is 0 Å². The molecule has 1 heterocycles. The summed E-state index contributed by atoms with van der Waals surface area (Å²) >= 11 is 0. The summed E-state index contributed by atoms with van der Waals surface area (Å²) in [5.41, 5.74) is 2.34. The smallest absolute Gasteiger partial charge is 0.147 e. The standard InChI is InChI=1S/C12H11O2/c1-10-2-4-11(5-3-10)8-12-9-13-6-7-14-12/h2-9H,1H3. The van der Waals surface area contributed by atoms with Gasteiger partial charge in [-0.2, -0.15) is 0 Å². The van der Waals surface area contributed by atoms with Crippen molar-refractivity contribution in [3.8, 4) is 0 Å². The number of aryl methyl sites for hydroxylation is 1. The molecule has 0 aromatic heterocycles. The van der Waals surface area contributed by atoms with Crippen LogP contribution in [0, 0.1) is 13.3 Å². The van der Waals surface area contributed by atoms with Crippen molar-refractivity contribution in [1.82, 2.24) is 0 Å². The van der Waals surface area contributed by atoms with Crippen molar-refractivity contribution in [2.75, 3.05) is 0 Å². The van der Waals surface area contributed by atoms with Crippen LogP contribution in [0.4, 0.5) is 0 Å². The highest BCUT2D eigenvalue weighted by Crippen LogP contribution is 2.15. The predicted molar refractivity (Wildman–Crippen MR) is 54.0 cm³/mol. The van der Waals surface area contributed by atoms with E-state index >= 15 is 0 Å². The normalized spacial score (nSPS) is 14.2. The van der Waals surface area contributed by atoms with Gasteiger partial charge in [0.2, 0.25) is 0 Å². The van der Waals surface area contributed by atoms with Gasteiger partial charge in [0.25, 0.3) is 0 Å². The van der Waals surface area contributed by atoms with Crippen LogP contribution in [-0.4, -0.2) is 0 Å². The monoisotopic (exact) mass is 187 g/mol. The summed E-state index contributed by atoms with van der Waals surface area (Å²) in [6, 6.07) is 8.20. The number of allylic oxidation sites excluding steroid dienone is 1. The van der Waals surface area contributed by atoms with Crippen molar-refractivity contribution in [2.24, 2.45) is 0 Å². The zero-order valence-electron chi connectivity index (χ0n) is 7.94. The maximum absolute atomic E-state index is 5.21. The van der Waals surface area contributed by atoms with E-state index in [2.05, 4.69) is 19.1 Å². The van der Waals surface area contributed by atoms with Gasteiger partial charge in [-0.3, -0.25) is 0 Å². The van der Waals surface area contributed by atoms with Gasteiger partial charge in [0.15, 0.2) is 0 Å². The van der Waals surface area contributed by atoms with E-state index in [4.69, 9.17) is 9.47 Å². The van der Waals surface area contributed by atoms with Crippen LogP contribution < -0.4 is 0 Å². The van der Waals surface area contributed by atoms with E-state index < -0.39 is 0 Å². The van der Waals surface area contributed by atoms with Crippen LogP contribution in [0.2, 0.25) is 0 Å². The van der Waals surface area contributed by atoms with Gasteiger partial charge in [0, 0.05) is 0 Å². The van der Waals surface area contributed by atoms with Crippen molar-refractivity contribution >= 4 is 0 Å². The fourth-order valence-corrected chi connectivity index (χ4v) is 1.17. The topological polar surface area (TPSA) is 18.5 Å². The Balaban J connectivity index is 2.03. The molecular formula is C12H11O2. The largest absolute Gasteiger partial charge is 0.466 e. The molecule has 1 aliphatic rings. The van der Waals surface area contributed by atoms with Gasteiger partial charge in [0.1, 0.15) is 24.5 Å². The zero-order chi connectivity index (χ0) is 9.80. The lowest BCUT2D eigenvalue weighted by atomic mass is 10.1. The highest BCUT2D eigenvalue weighted by Gasteiger charge is 2.03. The number of hydrogen-bond acceptors (Lipinski definition) is 2. The third-order valence-electron chi connectivity index (χ3n) is 1.91. The molecule has 2 nitrogen and oxygen atoms in total. The Hall–Kier alpha value is -1.70. The lowest BCUT2D eigenvalue weighted by Gasteiger charge is -2.09. The minimum absolute atomic E-state index is 0.705. The quantitative estimate of drug-likeness (QED) is 0.708. The highest BCUT2D eigenvalue weighted by atomic mass is 16.5. The third kappa shape index (κ3) is 2.16. The molecule has 0 unspecified atom stereocenters. The fraction of sp³-hybridized carbons (Fsp3) is 0.0833. The zero-order valence-corrected chi connectivity index (χ0v) is 7.94. The van der Waals surface area contributed by atoms with Crippen molar-refractivity contribution in [2.45, 2.75) is 6.92 Å². The Labute approximate surface area is 83.5 Å².